The summed E-state index contributed by atoms with van der Waals surface area (Å²) in [5.41, 5.74) is 2.00. The predicted molar refractivity (Wildman–Crippen MR) is 122 cm³/mol. The molecule has 1 aliphatic heterocycles. The Morgan fingerprint density at radius 1 is 1.06 bits per heavy atom. The van der Waals surface area contributed by atoms with Gasteiger partial charge in [0.25, 0.3) is 0 Å². The molecule has 0 radical (unpaired) electrons. The highest BCUT2D eigenvalue weighted by Crippen LogP contribution is 2.30. The van der Waals surface area contributed by atoms with Gasteiger partial charge in [-0.2, -0.15) is 0 Å². The van der Waals surface area contributed by atoms with Crippen LogP contribution >= 0.6 is 0 Å². The van der Waals surface area contributed by atoms with Crippen LogP contribution < -0.4 is 10.2 Å². The summed E-state index contributed by atoms with van der Waals surface area (Å²) in [4.78, 5) is 18.9. The van der Waals surface area contributed by atoms with Gasteiger partial charge in [-0.15, -0.1) is 0 Å². The molecule has 0 atom stereocenters. The fourth-order valence-electron chi connectivity index (χ4n) is 4.11. The molecule has 0 bridgehead atoms. The van der Waals surface area contributed by atoms with Gasteiger partial charge in [0.05, 0.1) is 29.7 Å². The van der Waals surface area contributed by atoms with Crippen LogP contribution in [0.25, 0.3) is 22.3 Å². The van der Waals surface area contributed by atoms with Crippen molar-refractivity contribution in [2.75, 3.05) is 23.3 Å². The average molecular weight is 451 g/mol. The highest BCUT2D eigenvalue weighted by molar-refractivity contribution is 5.83. The lowest BCUT2D eigenvalue weighted by Crippen LogP contribution is -2.50. The van der Waals surface area contributed by atoms with E-state index < -0.39 is 11.6 Å². The first-order chi connectivity index (χ1) is 15.8. The lowest BCUT2D eigenvalue weighted by atomic mass is 10.1. The number of benzene rings is 1. The van der Waals surface area contributed by atoms with Gasteiger partial charge in [-0.3, -0.25) is 0 Å². The van der Waals surface area contributed by atoms with Crippen LogP contribution in [0, 0.1) is 18.6 Å². The number of halogens is 2. The van der Waals surface area contributed by atoms with E-state index in [-0.39, 0.29) is 29.3 Å². The number of aliphatic hydroxyl groups is 1. The van der Waals surface area contributed by atoms with E-state index in [4.69, 9.17) is 0 Å². The first kappa shape index (κ1) is 21.2. The molecule has 0 amide bonds. The summed E-state index contributed by atoms with van der Waals surface area (Å²) in [5.74, 6) is 0.105. The SMILES string of the molecule is Cc1nc2c(F)cc(-c3nc(Nc4ccc(N5CC(O)C5)cn4)ncc3F)cc2n1C(C)C. The Labute approximate surface area is 189 Å². The highest BCUT2D eigenvalue weighted by atomic mass is 19.1. The smallest absolute Gasteiger partial charge is 0.229 e. The Kier molecular flexibility index (Phi) is 5.16. The third kappa shape index (κ3) is 3.86. The van der Waals surface area contributed by atoms with Gasteiger partial charge in [0.1, 0.15) is 22.9 Å². The van der Waals surface area contributed by atoms with Crippen molar-refractivity contribution in [1.82, 2.24) is 24.5 Å². The fraction of sp³-hybridized carbons (Fsp3) is 0.304. The van der Waals surface area contributed by atoms with Crippen LogP contribution in [0.5, 0.6) is 0 Å². The molecule has 2 N–H and O–H groups in total. The van der Waals surface area contributed by atoms with Gasteiger partial charge < -0.3 is 19.9 Å². The molecule has 33 heavy (non-hydrogen) atoms. The number of hydrogen-bond donors (Lipinski definition) is 2. The van der Waals surface area contributed by atoms with Gasteiger partial charge >= 0.3 is 0 Å². The van der Waals surface area contributed by atoms with E-state index in [0.717, 1.165) is 11.9 Å². The molecule has 0 spiro atoms. The Balaban J connectivity index is 1.46. The van der Waals surface area contributed by atoms with Crippen LogP contribution in [-0.4, -0.2) is 48.8 Å². The summed E-state index contributed by atoms with van der Waals surface area (Å²) in [6, 6.07) is 6.61. The third-order valence-corrected chi connectivity index (χ3v) is 5.67. The van der Waals surface area contributed by atoms with E-state index in [1.54, 1.807) is 18.3 Å². The van der Waals surface area contributed by atoms with Crippen molar-refractivity contribution in [3.05, 3.63) is 54.1 Å². The fourth-order valence-corrected chi connectivity index (χ4v) is 4.11. The molecule has 5 rings (SSSR count). The zero-order valence-electron chi connectivity index (χ0n) is 18.4. The Morgan fingerprint density at radius 2 is 1.85 bits per heavy atom. The van der Waals surface area contributed by atoms with E-state index in [9.17, 15) is 13.9 Å². The minimum atomic E-state index is -0.661. The number of β-amino-alcohol motifs (C(OH)–C–C–N with tert-alkyl or cyclic N) is 1. The lowest BCUT2D eigenvalue weighted by molar-refractivity contribution is 0.142. The molecule has 1 saturated heterocycles. The normalized spacial score (nSPS) is 14.2. The molecule has 0 aliphatic carbocycles. The second-order valence-electron chi connectivity index (χ2n) is 8.42. The largest absolute Gasteiger partial charge is 0.389 e. The third-order valence-electron chi connectivity index (χ3n) is 5.67. The number of fused-ring (bicyclic) bond motifs is 1. The summed E-state index contributed by atoms with van der Waals surface area (Å²) in [6.45, 7) is 6.93. The molecule has 8 nitrogen and oxygen atoms in total. The summed E-state index contributed by atoms with van der Waals surface area (Å²) < 4.78 is 31.4. The number of hydrogen-bond acceptors (Lipinski definition) is 7. The summed E-state index contributed by atoms with van der Waals surface area (Å²) in [7, 11) is 0. The number of nitrogens with zero attached hydrogens (tertiary/aromatic N) is 6. The molecule has 1 aromatic carbocycles. The number of nitrogens with one attached hydrogen (secondary N) is 1. The molecule has 4 heterocycles. The van der Waals surface area contributed by atoms with Gasteiger partial charge in [-0.1, -0.05) is 0 Å². The van der Waals surface area contributed by atoms with Crippen molar-refractivity contribution < 1.29 is 13.9 Å². The number of rotatable bonds is 5. The summed E-state index contributed by atoms with van der Waals surface area (Å²) >= 11 is 0. The van der Waals surface area contributed by atoms with Crippen LogP contribution in [0.2, 0.25) is 0 Å². The Hall–Kier alpha value is -3.66. The van der Waals surface area contributed by atoms with Crippen LogP contribution in [0.3, 0.4) is 0 Å². The number of aryl methyl sites for hydroxylation is 1. The van der Waals surface area contributed by atoms with Crippen LogP contribution in [-0.2, 0) is 0 Å². The van der Waals surface area contributed by atoms with Crippen molar-refractivity contribution >= 4 is 28.5 Å². The number of anilines is 3. The molecule has 4 aromatic rings. The summed E-state index contributed by atoms with van der Waals surface area (Å²) in [6.07, 6.45) is 2.42. The zero-order chi connectivity index (χ0) is 23.3. The van der Waals surface area contributed by atoms with E-state index >= 15 is 0 Å². The minimum absolute atomic E-state index is 0.0198. The van der Waals surface area contributed by atoms with Gasteiger partial charge in [-0.05, 0) is 45.0 Å². The maximum absolute atomic E-state index is 14.8. The number of pyridine rings is 1. The number of aromatic nitrogens is 5. The van der Waals surface area contributed by atoms with Crippen molar-refractivity contribution in [2.24, 2.45) is 0 Å². The summed E-state index contributed by atoms with van der Waals surface area (Å²) in [5, 5.41) is 12.4. The molecule has 170 valence electrons. The second kappa shape index (κ2) is 8.04. The second-order valence-corrected chi connectivity index (χ2v) is 8.42. The van der Waals surface area contributed by atoms with Crippen LogP contribution in [0.1, 0.15) is 25.7 Å². The van der Waals surface area contributed by atoms with Crippen LogP contribution in [0.4, 0.5) is 26.2 Å². The molecule has 1 aliphatic rings. The standard InChI is InChI=1S/C23H23F2N7O/c1-12(2)32-13(3)28-22-17(24)6-14(7-19(22)32)21-18(25)9-27-23(30-21)29-20-5-4-15(8-26-20)31-10-16(33)11-31/h4-9,12,16,33H,10-11H2,1-3H3,(H,26,27,29,30). The molecular formula is C23H23F2N7O. The molecular weight excluding hydrogens is 428 g/mol. The van der Waals surface area contributed by atoms with Crippen molar-refractivity contribution in [1.29, 1.82) is 0 Å². The van der Waals surface area contributed by atoms with E-state index in [0.29, 0.717) is 35.8 Å². The topological polar surface area (TPSA) is 92.0 Å². The highest BCUT2D eigenvalue weighted by Gasteiger charge is 2.24. The van der Waals surface area contributed by atoms with Crippen molar-refractivity contribution in [2.45, 2.75) is 32.9 Å². The molecule has 10 heteroatoms. The van der Waals surface area contributed by atoms with Crippen molar-refractivity contribution in [3.63, 3.8) is 0 Å². The maximum atomic E-state index is 14.8. The lowest BCUT2D eigenvalue weighted by Gasteiger charge is -2.37. The number of imidazole rings is 1. The van der Waals surface area contributed by atoms with Gasteiger partial charge in [0, 0.05) is 24.7 Å². The van der Waals surface area contributed by atoms with Crippen LogP contribution in [0.15, 0.2) is 36.7 Å². The van der Waals surface area contributed by atoms with E-state index in [2.05, 4.69) is 25.3 Å². The quantitative estimate of drug-likeness (QED) is 0.474. The maximum Gasteiger partial charge on any atom is 0.229 e. The molecule has 3 aromatic heterocycles. The monoisotopic (exact) mass is 451 g/mol. The predicted octanol–water partition coefficient (Wildman–Crippen LogP) is 3.98. The van der Waals surface area contributed by atoms with E-state index in [1.165, 1.54) is 6.07 Å². The Bertz CT molecular complexity index is 1330. The molecule has 1 fully saturated rings. The zero-order valence-corrected chi connectivity index (χ0v) is 18.4. The average Bonchev–Trinajstić information content (AvgIpc) is 3.10. The first-order valence-electron chi connectivity index (χ1n) is 10.7. The number of aliphatic hydroxyl groups excluding tert-OH is 1. The molecule has 0 unspecified atom stereocenters. The van der Waals surface area contributed by atoms with Gasteiger partial charge in [0.15, 0.2) is 11.6 Å². The minimum Gasteiger partial charge on any atom is -0.389 e. The van der Waals surface area contributed by atoms with Gasteiger partial charge in [0.2, 0.25) is 5.95 Å². The van der Waals surface area contributed by atoms with E-state index in [1.807, 2.05) is 36.3 Å². The van der Waals surface area contributed by atoms with Crippen molar-refractivity contribution in [3.8, 4) is 11.3 Å². The Morgan fingerprint density at radius 3 is 2.52 bits per heavy atom. The van der Waals surface area contributed by atoms with Gasteiger partial charge in [-0.25, -0.2) is 28.7 Å². The molecule has 0 saturated carbocycles. The first-order valence-corrected chi connectivity index (χ1v) is 10.7.